The zero-order chi connectivity index (χ0) is 17.1. The molecule has 0 bridgehead atoms. The second-order valence-electron chi connectivity index (χ2n) is 4.28. The third-order valence-corrected chi connectivity index (χ3v) is 4.67. The summed E-state index contributed by atoms with van der Waals surface area (Å²) in [5.41, 5.74) is 1.83. The number of fused-ring (bicyclic) bond motifs is 1. The van der Waals surface area contributed by atoms with Gasteiger partial charge in [0.1, 0.15) is 20.8 Å². The Morgan fingerprint density at radius 2 is 1.25 bits per heavy atom. The van der Waals surface area contributed by atoms with Crippen molar-refractivity contribution in [3.8, 4) is 0 Å². The predicted molar refractivity (Wildman–Crippen MR) is 81.5 cm³/mol. The van der Waals surface area contributed by atoms with E-state index in [1.165, 1.54) is 12.1 Å². The number of benzene rings is 2. The summed E-state index contributed by atoms with van der Waals surface area (Å²) < 4.78 is 52.0. The maximum absolute atomic E-state index is 10.9. The number of H-pyrrole nitrogens is 1. The molecule has 0 saturated heterocycles. The van der Waals surface area contributed by atoms with E-state index in [2.05, 4.69) is 15.4 Å². The molecule has 0 aliphatic rings. The van der Waals surface area contributed by atoms with E-state index in [1.54, 1.807) is 0 Å². The van der Waals surface area contributed by atoms with Gasteiger partial charge in [-0.2, -0.15) is 23.8 Å². The van der Waals surface area contributed by atoms with Crippen LogP contribution in [0.15, 0.2) is 58.3 Å². The maximum atomic E-state index is 10.9. The van der Waals surface area contributed by atoms with Crippen molar-refractivity contribution in [1.82, 2.24) is 15.4 Å². The van der Waals surface area contributed by atoms with Crippen molar-refractivity contribution in [2.45, 2.75) is 9.79 Å². The summed E-state index contributed by atoms with van der Waals surface area (Å²) in [6.07, 6.45) is 0. The number of hydrogen-bond acceptors (Lipinski definition) is 6. The molecule has 0 fully saturated rings. The smallest absolute Gasteiger partial charge is 0.282 e. The van der Waals surface area contributed by atoms with Gasteiger partial charge >= 0.3 is 0 Å². The minimum atomic E-state index is -4.58. The summed E-state index contributed by atoms with van der Waals surface area (Å²) in [4.78, 5) is -1.34. The van der Waals surface area contributed by atoms with E-state index in [1.807, 2.05) is 24.3 Å². The number of primary sulfonamides is 1. The Balaban J connectivity index is 0.000000248. The van der Waals surface area contributed by atoms with Gasteiger partial charge < -0.3 is 0 Å². The van der Waals surface area contributed by atoms with Crippen LogP contribution in [0.3, 0.4) is 0 Å². The van der Waals surface area contributed by atoms with Gasteiger partial charge in [-0.3, -0.25) is 4.55 Å². The molecule has 0 spiro atoms. The van der Waals surface area contributed by atoms with Crippen LogP contribution in [0.2, 0.25) is 0 Å². The van der Waals surface area contributed by atoms with Crippen LogP contribution >= 0.6 is 0 Å². The Bertz CT molecular complexity index is 953. The molecule has 0 saturated carbocycles. The van der Waals surface area contributed by atoms with E-state index in [0.717, 1.165) is 23.2 Å². The van der Waals surface area contributed by atoms with Gasteiger partial charge in [0, 0.05) is 22.4 Å². The Hall–Kier alpha value is -1.60. The summed E-state index contributed by atoms with van der Waals surface area (Å²) >= 11 is 0. The molecule has 133 valence electrons. The zero-order valence-corrected chi connectivity index (χ0v) is 14.9. The first-order chi connectivity index (χ1) is 10.7. The van der Waals surface area contributed by atoms with E-state index < -0.39 is 29.9 Å². The first-order valence-corrected chi connectivity index (χ1v) is 9.03. The van der Waals surface area contributed by atoms with E-state index in [0.29, 0.717) is 0 Å². The number of para-hydroxylation sites is 2. The van der Waals surface area contributed by atoms with Gasteiger partial charge in [0.25, 0.3) is 10.1 Å². The molecule has 3 aromatic rings. The van der Waals surface area contributed by atoms with E-state index in [4.69, 9.17) is 9.69 Å². The number of nitrogens with zero attached hydrogens (tertiary/aromatic N) is 2. The molecule has 0 unspecified atom stereocenters. The van der Waals surface area contributed by atoms with Gasteiger partial charge in [0.15, 0.2) is 0 Å². The topological polar surface area (TPSA) is 156 Å². The van der Waals surface area contributed by atoms with Gasteiger partial charge in [0.2, 0.25) is 10.0 Å². The van der Waals surface area contributed by atoms with E-state index >= 15 is 0 Å². The molecule has 0 amide bonds. The Morgan fingerprint density at radius 1 is 0.833 bits per heavy atom. The van der Waals surface area contributed by atoms with Gasteiger partial charge in [-0.05, 0) is 24.3 Å². The Morgan fingerprint density at radius 3 is 1.62 bits per heavy atom. The van der Waals surface area contributed by atoms with Crippen LogP contribution in [0.5, 0.6) is 0 Å². The number of aromatic nitrogens is 3. The summed E-state index contributed by atoms with van der Waals surface area (Å²) in [7, 11) is -8.73. The monoisotopic (exact) mass is 463 g/mol. The quantitative estimate of drug-likeness (QED) is 0.369. The standard InChI is InChI=1S/C6H5N3.C6H7NO5S2.Ag/c1-2-4-6-5(3-1)7-9-8-6;7-13(8,9)5-3-1-2-4-6(5)14(10,11)12;/h1-4H,(H,7,8,9);1-4H,(H2,7,8,9)(H,10,11,12);. The fourth-order valence-electron chi connectivity index (χ4n) is 1.68. The number of nitrogens with one attached hydrogen (secondary N) is 1. The second kappa shape index (κ2) is 7.98. The molecule has 0 aliphatic heterocycles. The molecule has 12 heteroatoms. The number of aromatic amines is 1. The molecule has 0 aliphatic carbocycles. The number of nitrogens with two attached hydrogens (primary N) is 1. The molecule has 3 rings (SSSR count). The zero-order valence-electron chi connectivity index (χ0n) is 11.8. The third kappa shape index (κ3) is 5.21. The fourth-order valence-corrected chi connectivity index (χ4v) is 3.54. The third-order valence-electron chi connectivity index (χ3n) is 2.66. The number of sulfonamides is 1. The van der Waals surface area contributed by atoms with Gasteiger partial charge in [-0.1, -0.05) is 24.3 Å². The van der Waals surface area contributed by atoms with Crippen molar-refractivity contribution in [2.24, 2.45) is 5.14 Å². The molecule has 24 heavy (non-hydrogen) atoms. The van der Waals surface area contributed by atoms with Crippen molar-refractivity contribution in [1.29, 1.82) is 0 Å². The summed E-state index contributed by atoms with van der Waals surface area (Å²) in [5, 5.41) is 15.1. The minimum absolute atomic E-state index is 0. The maximum Gasteiger partial charge on any atom is 0.295 e. The summed E-state index contributed by atoms with van der Waals surface area (Å²) in [5.74, 6) is 0. The normalized spacial score (nSPS) is 11.2. The molecular weight excluding hydrogens is 452 g/mol. The van der Waals surface area contributed by atoms with Crippen molar-refractivity contribution in [3.05, 3.63) is 48.5 Å². The molecule has 4 N–H and O–H groups in total. The van der Waals surface area contributed by atoms with Crippen LogP contribution in [0, 0.1) is 0 Å². The Kier molecular flexibility index (Phi) is 6.80. The van der Waals surface area contributed by atoms with Crippen LogP contribution in [-0.2, 0) is 42.5 Å². The SMILES string of the molecule is NS(=O)(=O)c1ccccc1S(=O)(=O)O.[Ag].c1ccc2n[nH]nc2c1. The van der Waals surface area contributed by atoms with Crippen LogP contribution in [0.1, 0.15) is 0 Å². The second-order valence-corrected chi connectivity index (χ2v) is 7.20. The van der Waals surface area contributed by atoms with Crippen molar-refractivity contribution in [3.63, 3.8) is 0 Å². The average Bonchev–Trinajstić information content (AvgIpc) is 2.94. The Labute approximate surface area is 153 Å². The van der Waals surface area contributed by atoms with Crippen molar-refractivity contribution < 1.29 is 43.8 Å². The fraction of sp³-hybridized carbons (Fsp3) is 0. The number of rotatable bonds is 2. The minimum Gasteiger partial charge on any atom is -0.282 e. The summed E-state index contributed by atoms with van der Waals surface area (Å²) in [6, 6.07) is 12.2. The van der Waals surface area contributed by atoms with Crippen LogP contribution in [0.25, 0.3) is 11.0 Å². The van der Waals surface area contributed by atoms with Crippen molar-refractivity contribution in [2.75, 3.05) is 0 Å². The molecule has 1 aromatic heterocycles. The first kappa shape index (κ1) is 20.4. The molecule has 9 nitrogen and oxygen atoms in total. The van der Waals surface area contributed by atoms with Crippen LogP contribution < -0.4 is 5.14 Å². The van der Waals surface area contributed by atoms with Gasteiger partial charge in [0.05, 0.1) is 0 Å². The predicted octanol–water partition coefficient (Wildman–Crippen LogP) is 0.536. The number of hydrogen-bond donors (Lipinski definition) is 3. The summed E-state index contributed by atoms with van der Waals surface area (Å²) in [6.45, 7) is 0. The van der Waals surface area contributed by atoms with Gasteiger partial charge in [-0.25, -0.2) is 13.6 Å². The van der Waals surface area contributed by atoms with Crippen LogP contribution in [0.4, 0.5) is 0 Å². The first-order valence-electron chi connectivity index (χ1n) is 6.04. The molecule has 2 aromatic carbocycles. The molecular formula is C12H12AgN4O5S2. The van der Waals surface area contributed by atoms with E-state index in [-0.39, 0.29) is 22.4 Å². The molecule has 1 heterocycles. The van der Waals surface area contributed by atoms with Crippen LogP contribution in [-0.4, -0.2) is 36.8 Å². The van der Waals surface area contributed by atoms with Gasteiger partial charge in [-0.15, -0.1) is 0 Å². The molecule has 0 atom stereocenters. The van der Waals surface area contributed by atoms with E-state index in [9.17, 15) is 16.8 Å². The average molecular weight is 464 g/mol. The molecule has 1 radical (unpaired) electrons. The largest absolute Gasteiger partial charge is 0.295 e. The van der Waals surface area contributed by atoms with Crippen molar-refractivity contribution >= 4 is 31.2 Å².